The molecule has 0 atom stereocenters. The van der Waals surface area contributed by atoms with Gasteiger partial charge >= 0.3 is 0 Å². The van der Waals surface area contributed by atoms with E-state index in [9.17, 15) is 0 Å². The molecule has 54 valence electrons. The van der Waals surface area contributed by atoms with Crippen LogP contribution < -0.4 is 0 Å². The van der Waals surface area contributed by atoms with E-state index in [0.717, 1.165) is 4.47 Å². The van der Waals surface area contributed by atoms with E-state index in [1.807, 2.05) is 0 Å². The molecule has 0 heterocycles. The Morgan fingerprint density at radius 3 is 2.60 bits per heavy atom. The summed E-state index contributed by atoms with van der Waals surface area (Å²) in [5.74, 6) is 0.230. The maximum Gasteiger partial charge on any atom is 0.120 e. The number of hydrogen-bond acceptors (Lipinski definition) is 1. The summed E-state index contributed by atoms with van der Waals surface area (Å²) in [4.78, 5) is 0. The molecule has 0 amide bonds. The van der Waals surface area contributed by atoms with Gasteiger partial charge in [-0.2, -0.15) is 0 Å². The Morgan fingerprint density at radius 2 is 2.10 bits per heavy atom. The molecule has 1 aromatic rings. The molecule has 1 N–H and O–H groups in total. The molecular formula is C7H6BrClO. The van der Waals surface area contributed by atoms with Gasteiger partial charge in [-0.05, 0) is 35.0 Å². The number of benzene rings is 1. The predicted molar refractivity (Wildman–Crippen MR) is 45.6 cm³/mol. The van der Waals surface area contributed by atoms with Crippen LogP contribution in [0, 0.1) is 6.92 Å². The first-order valence-corrected chi connectivity index (χ1v) is 3.93. The van der Waals surface area contributed by atoms with Gasteiger partial charge in [0, 0.05) is 10.0 Å². The molecule has 10 heavy (non-hydrogen) atoms. The number of phenols is 1. The van der Waals surface area contributed by atoms with Gasteiger partial charge in [0.1, 0.15) is 5.75 Å². The Hall–Kier alpha value is -0.210. The van der Waals surface area contributed by atoms with Gasteiger partial charge in [-0.3, -0.25) is 0 Å². The van der Waals surface area contributed by atoms with E-state index in [4.69, 9.17) is 16.7 Å². The van der Waals surface area contributed by atoms with Gasteiger partial charge in [0.25, 0.3) is 0 Å². The average molecular weight is 221 g/mol. The molecule has 0 aromatic heterocycles. The lowest BCUT2D eigenvalue weighted by Gasteiger charge is -2.01. The minimum Gasteiger partial charge on any atom is -0.508 e. The number of phenolic OH excluding ortho intramolecular Hbond substituents is 1. The molecule has 1 aromatic carbocycles. The zero-order chi connectivity index (χ0) is 7.72. The molecule has 0 spiro atoms. The van der Waals surface area contributed by atoms with E-state index in [1.165, 1.54) is 0 Å². The fraction of sp³-hybridized carbons (Fsp3) is 0.143. The molecule has 0 radical (unpaired) electrons. The van der Waals surface area contributed by atoms with Crippen molar-refractivity contribution in [2.24, 2.45) is 0 Å². The quantitative estimate of drug-likeness (QED) is 0.714. The SMILES string of the molecule is Cc1c(O)ccc(Br)c1Cl. The Kier molecular flexibility index (Phi) is 2.21. The van der Waals surface area contributed by atoms with Crippen LogP contribution in [0.1, 0.15) is 5.56 Å². The van der Waals surface area contributed by atoms with Gasteiger partial charge in [0.15, 0.2) is 0 Å². The third-order valence-corrected chi connectivity index (χ3v) is 2.69. The Bertz CT molecular complexity index is 233. The van der Waals surface area contributed by atoms with Crippen LogP contribution in [0.3, 0.4) is 0 Å². The number of rotatable bonds is 0. The van der Waals surface area contributed by atoms with Gasteiger partial charge in [-0.15, -0.1) is 0 Å². The Balaban J connectivity index is 3.34. The van der Waals surface area contributed by atoms with Gasteiger partial charge in [-0.1, -0.05) is 11.6 Å². The minimum atomic E-state index is 0.230. The summed E-state index contributed by atoms with van der Waals surface area (Å²) in [5, 5.41) is 9.69. The van der Waals surface area contributed by atoms with E-state index in [2.05, 4.69) is 15.9 Å². The summed E-state index contributed by atoms with van der Waals surface area (Å²) >= 11 is 9.01. The van der Waals surface area contributed by atoms with E-state index in [1.54, 1.807) is 19.1 Å². The van der Waals surface area contributed by atoms with Gasteiger partial charge in [-0.25, -0.2) is 0 Å². The van der Waals surface area contributed by atoms with Crippen molar-refractivity contribution in [2.45, 2.75) is 6.92 Å². The van der Waals surface area contributed by atoms with Crippen LogP contribution in [-0.2, 0) is 0 Å². The van der Waals surface area contributed by atoms with Gasteiger partial charge in [0.05, 0.1) is 5.02 Å². The van der Waals surface area contributed by atoms with Crippen molar-refractivity contribution >= 4 is 27.5 Å². The van der Waals surface area contributed by atoms with Crippen molar-refractivity contribution in [1.82, 2.24) is 0 Å². The van der Waals surface area contributed by atoms with Crippen LogP contribution in [0.2, 0.25) is 5.02 Å². The molecule has 1 nitrogen and oxygen atoms in total. The second kappa shape index (κ2) is 2.81. The zero-order valence-corrected chi connectivity index (χ0v) is 7.70. The highest BCUT2D eigenvalue weighted by molar-refractivity contribution is 9.10. The highest BCUT2D eigenvalue weighted by atomic mass is 79.9. The van der Waals surface area contributed by atoms with Gasteiger partial charge < -0.3 is 5.11 Å². The van der Waals surface area contributed by atoms with Crippen molar-refractivity contribution < 1.29 is 5.11 Å². The van der Waals surface area contributed by atoms with Crippen molar-refractivity contribution in [3.63, 3.8) is 0 Å². The second-order valence-corrected chi connectivity index (χ2v) is 3.24. The van der Waals surface area contributed by atoms with Crippen molar-refractivity contribution in [3.05, 3.63) is 27.2 Å². The molecule has 0 aliphatic rings. The molecule has 1 rings (SSSR count). The van der Waals surface area contributed by atoms with E-state index in [-0.39, 0.29) is 5.75 Å². The predicted octanol–water partition coefficient (Wildman–Crippen LogP) is 3.12. The molecule has 0 fully saturated rings. The monoisotopic (exact) mass is 220 g/mol. The van der Waals surface area contributed by atoms with Crippen LogP contribution in [0.5, 0.6) is 5.75 Å². The molecule has 0 aliphatic heterocycles. The third kappa shape index (κ3) is 1.27. The first kappa shape index (κ1) is 7.89. The van der Waals surface area contributed by atoms with Crippen LogP contribution in [0.4, 0.5) is 0 Å². The standard InChI is InChI=1S/C7H6BrClO/c1-4-6(10)3-2-5(8)7(4)9/h2-3,10H,1H3. The van der Waals surface area contributed by atoms with Crippen molar-refractivity contribution in [1.29, 1.82) is 0 Å². The fourth-order valence-corrected chi connectivity index (χ4v) is 1.23. The van der Waals surface area contributed by atoms with E-state index >= 15 is 0 Å². The molecule has 0 aliphatic carbocycles. The maximum atomic E-state index is 9.12. The average Bonchev–Trinajstić information content (AvgIpc) is 1.93. The first-order valence-electron chi connectivity index (χ1n) is 2.76. The molecule has 0 saturated carbocycles. The summed E-state index contributed by atoms with van der Waals surface area (Å²) < 4.78 is 0.810. The molecule has 0 saturated heterocycles. The summed E-state index contributed by atoms with van der Waals surface area (Å²) in [7, 11) is 0. The number of hydrogen-bond donors (Lipinski definition) is 1. The van der Waals surface area contributed by atoms with E-state index < -0.39 is 0 Å². The van der Waals surface area contributed by atoms with Crippen molar-refractivity contribution in [3.8, 4) is 5.75 Å². The maximum absolute atomic E-state index is 9.12. The minimum absolute atomic E-state index is 0.230. The fourth-order valence-electron chi connectivity index (χ4n) is 0.642. The highest BCUT2D eigenvalue weighted by Gasteiger charge is 2.03. The number of halogens is 2. The molecule has 0 bridgehead atoms. The summed E-state index contributed by atoms with van der Waals surface area (Å²) in [6.45, 7) is 1.77. The lowest BCUT2D eigenvalue weighted by atomic mass is 10.2. The number of aromatic hydroxyl groups is 1. The second-order valence-electron chi connectivity index (χ2n) is 2.01. The third-order valence-electron chi connectivity index (χ3n) is 1.31. The lowest BCUT2D eigenvalue weighted by molar-refractivity contribution is 0.471. The molecule has 3 heteroatoms. The Morgan fingerprint density at radius 1 is 1.50 bits per heavy atom. The van der Waals surface area contributed by atoms with Crippen LogP contribution in [0.15, 0.2) is 16.6 Å². The molecule has 0 unspecified atom stereocenters. The largest absolute Gasteiger partial charge is 0.508 e. The zero-order valence-electron chi connectivity index (χ0n) is 5.36. The first-order chi connectivity index (χ1) is 4.63. The van der Waals surface area contributed by atoms with Crippen molar-refractivity contribution in [2.75, 3.05) is 0 Å². The van der Waals surface area contributed by atoms with Crippen LogP contribution >= 0.6 is 27.5 Å². The highest BCUT2D eigenvalue weighted by Crippen LogP contribution is 2.31. The summed E-state index contributed by atoms with van der Waals surface area (Å²) in [5.41, 5.74) is 0.705. The van der Waals surface area contributed by atoms with Crippen LogP contribution in [-0.4, -0.2) is 5.11 Å². The molecular weight excluding hydrogens is 215 g/mol. The van der Waals surface area contributed by atoms with Crippen LogP contribution in [0.25, 0.3) is 0 Å². The topological polar surface area (TPSA) is 20.2 Å². The normalized spacial score (nSPS) is 9.90. The Labute approximate surface area is 72.8 Å². The summed E-state index contributed by atoms with van der Waals surface area (Å²) in [6.07, 6.45) is 0. The van der Waals surface area contributed by atoms with Gasteiger partial charge in [0.2, 0.25) is 0 Å². The van der Waals surface area contributed by atoms with E-state index in [0.29, 0.717) is 10.6 Å². The summed E-state index contributed by atoms with van der Waals surface area (Å²) in [6, 6.07) is 3.32. The lowest BCUT2D eigenvalue weighted by Crippen LogP contribution is -1.77. The smallest absolute Gasteiger partial charge is 0.120 e.